The second-order valence-corrected chi connectivity index (χ2v) is 7.12. The Kier molecular flexibility index (Phi) is 6.24. The van der Waals surface area contributed by atoms with Crippen LogP contribution in [0.2, 0.25) is 0 Å². The molecule has 1 heterocycles. The van der Waals surface area contributed by atoms with Gasteiger partial charge in [0.2, 0.25) is 11.8 Å². The minimum Gasteiger partial charge on any atom is -0.396 e. The highest BCUT2D eigenvalue weighted by molar-refractivity contribution is 5.81. The summed E-state index contributed by atoms with van der Waals surface area (Å²) >= 11 is 0. The van der Waals surface area contributed by atoms with E-state index in [1.54, 1.807) is 0 Å². The molecule has 2 amide bonds. The van der Waals surface area contributed by atoms with Crippen molar-refractivity contribution in [3.05, 3.63) is 0 Å². The number of hydrogen-bond acceptors (Lipinski definition) is 3. The lowest BCUT2D eigenvalue weighted by atomic mass is 9.93. The van der Waals surface area contributed by atoms with E-state index in [-0.39, 0.29) is 42.3 Å². The molecule has 126 valence electrons. The molecule has 0 aromatic heterocycles. The number of nitrogens with one attached hydrogen (secondary N) is 1. The minimum atomic E-state index is -0.123. The van der Waals surface area contributed by atoms with Gasteiger partial charge in [-0.15, -0.1) is 0 Å². The van der Waals surface area contributed by atoms with E-state index in [9.17, 15) is 14.7 Å². The van der Waals surface area contributed by atoms with E-state index in [4.69, 9.17) is 0 Å². The topological polar surface area (TPSA) is 69.6 Å². The van der Waals surface area contributed by atoms with Crippen LogP contribution in [0.5, 0.6) is 0 Å². The number of piperidine rings is 1. The Hall–Kier alpha value is -1.10. The number of amides is 2. The van der Waals surface area contributed by atoms with Crippen LogP contribution in [0, 0.1) is 11.8 Å². The molecule has 1 aliphatic heterocycles. The fourth-order valence-corrected chi connectivity index (χ4v) is 3.66. The average Bonchev–Trinajstić information content (AvgIpc) is 3.01. The number of rotatable bonds is 5. The number of carbonyl (C=O) groups is 2. The van der Waals surface area contributed by atoms with E-state index in [0.717, 1.165) is 38.5 Å². The largest absolute Gasteiger partial charge is 0.396 e. The van der Waals surface area contributed by atoms with Gasteiger partial charge < -0.3 is 15.3 Å². The lowest BCUT2D eigenvalue weighted by Crippen LogP contribution is -2.48. The Morgan fingerprint density at radius 2 is 1.91 bits per heavy atom. The highest BCUT2D eigenvalue weighted by Crippen LogP contribution is 2.25. The first-order valence-corrected chi connectivity index (χ1v) is 8.72. The molecule has 2 fully saturated rings. The van der Waals surface area contributed by atoms with Crippen molar-refractivity contribution in [2.45, 2.75) is 70.9 Å². The van der Waals surface area contributed by atoms with Crippen molar-refractivity contribution in [1.82, 2.24) is 10.2 Å². The van der Waals surface area contributed by atoms with Crippen LogP contribution >= 0.6 is 0 Å². The summed E-state index contributed by atoms with van der Waals surface area (Å²) in [6.45, 7) is 4.75. The molecule has 0 bridgehead atoms. The lowest BCUT2D eigenvalue weighted by Gasteiger charge is -2.38. The summed E-state index contributed by atoms with van der Waals surface area (Å²) in [4.78, 5) is 26.5. The molecular formula is C17H30N2O3. The zero-order chi connectivity index (χ0) is 16.1. The maximum atomic E-state index is 12.5. The summed E-state index contributed by atoms with van der Waals surface area (Å²) in [6, 6.07) is 0.107. The Labute approximate surface area is 133 Å². The summed E-state index contributed by atoms with van der Waals surface area (Å²) in [6.07, 6.45) is 6.51. The van der Waals surface area contributed by atoms with Crippen molar-refractivity contribution < 1.29 is 14.7 Å². The molecule has 1 aliphatic carbocycles. The monoisotopic (exact) mass is 310 g/mol. The van der Waals surface area contributed by atoms with Gasteiger partial charge in [0.25, 0.3) is 0 Å². The molecule has 2 N–H and O–H groups in total. The van der Waals surface area contributed by atoms with Crippen molar-refractivity contribution in [2.24, 2.45) is 11.8 Å². The first-order valence-electron chi connectivity index (χ1n) is 8.72. The summed E-state index contributed by atoms with van der Waals surface area (Å²) in [7, 11) is 0. The van der Waals surface area contributed by atoms with Crippen LogP contribution < -0.4 is 5.32 Å². The van der Waals surface area contributed by atoms with Crippen molar-refractivity contribution in [3.63, 3.8) is 0 Å². The third-order valence-corrected chi connectivity index (χ3v) is 5.15. The fourth-order valence-electron chi connectivity index (χ4n) is 3.66. The fraction of sp³-hybridized carbons (Fsp3) is 0.882. The zero-order valence-corrected chi connectivity index (χ0v) is 13.9. The second-order valence-electron chi connectivity index (χ2n) is 7.12. The number of nitrogens with zero attached hydrogens (tertiary/aromatic N) is 1. The third kappa shape index (κ3) is 4.45. The lowest BCUT2D eigenvalue weighted by molar-refractivity contribution is -0.136. The number of hydrogen-bond donors (Lipinski definition) is 2. The smallest absolute Gasteiger partial charge is 0.224 e. The molecule has 2 rings (SSSR count). The van der Waals surface area contributed by atoms with Gasteiger partial charge in [-0.1, -0.05) is 12.8 Å². The van der Waals surface area contributed by atoms with E-state index >= 15 is 0 Å². The Morgan fingerprint density at radius 3 is 2.55 bits per heavy atom. The summed E-state index contributed by atoms with van der Waals surface area (Å²) in [5.41, 5.74) is 0. The van der Waals surface area contributed by atoms with Crippen LogP contribution in [0.25, 0.3) is 0 Å². The molecule has 0 aromatic carbocycles. The van der Waals surface area contributed by atoms with Crippen molar-refractivity contribution in [2.75, 3.05) is 13.2 Å². The van der Waals surface area contributed by atoms with Gasteiger partial charge in [-0.3, -0.25) is 9.59 Å². The summed E-state index contributed by atoms with van der Waals surface area (Å²) in [5, 5.41) is 12.3. The second kappa shape index (κ2) is 7.95. The van der Waals surface area contributed by atoms with Crippen LogP contribution in [-0.2, 0) is 9.59 Å². The molecule has 5 nitrogen and oxygen atoms in total. The van der Waals surface area contributed by atoms with Crippen molar-refractivity contribution in [1.29, 1.82) is 0 Å². The first-order chi connectivity index (χ1) is 10.5. The summed E-state index contributed by atoms with van der Waals surface area (Å²) in [5.74, 6) is 0.538. The van der Waals surface area contributed by atoms with Gasteiger partial charge >= 0.3 is 0 Å². The predicted octanol–water partition coefficient (Wildman–Crippen LogP) is 1.69. The summed E-state index contributed by atoms with van der Waals surface area (Å²) < 4.78 is 0. The molecule has 3 unspecified atom stereocenters. The highest BCUT2D eigenvalue weighted by Gasteiger charge is 2.30. The third-order valence-electron chi connectivity index (χ3n) is 5.15. The standard InChI is InChI=1S/C17H30N2O3/c1-12(18-17(22)15-5-3-4-6-15)9-16(21)19-10-14(11-20)8-7-13(19)2/h12-15,20H,3-11H2,1-2H3,(H,18,22). The van der Waals surface area contributed by atoms with E-state index in [2.05, 4.69) is 12.2 Å². The van der Waals surface area contributed by atoms with E-state index in [0.29, 0.717) is 13.0 Å². The van der Waals surface area contributed by atoms with Gasteiger partial charge in [0.15, 0.2) is 0 Å². The van der Waals surface area contributed by atoms with Gasteiger partial charge in [-0.2, -0.15) is 0 Å². The molecule has 0 aromatic rings. The molecular weight excluding hydrogens is 280 g/mol. The maximum absolute atomic E-state index is 12.5. The van der Waals surface area contributed by atoms with Crippen LogP contribution in [-0.4, -0.2) is 47.1 Å². The molecule has 0 radical (unpaired) electrons. The van der Waals surface area contributed by atoms with Gasteiger partial charge in [-0.05, 0) is 45.4 Å². The normalized spacial score (nSPS) is 27.7. The van der Waals surface area contributed by atoms with Gasteiger partial charge in [0, 0.05) is 37.6 Å². The SMILES string of the molecule is CC(CC(=O)N1CC(CO)CCC1C)NC(=O)C1CCCC1. The van der Waals surface area contributed by atoms with Crippen molar-refractivity contribution in [3.8, 4) is 0 Å². The predicted molar refractivity (Wildman–Crippen MR) is 85.2 cm³/mol. The molecule has 22 heavy (non-hydrogen) atoms. The quantitative estimate of drug-likeness (QED) is 0.812. The van der Waals surface area contributed by atoms with E-state index in [1.807, 2.05) is 11.8 Å². The molecule has 0 spiro atoms. The van der Waals surface area contributed by atoms with E-state index in [1.165, 1.54) is 0 Å². The molecule has 1 saturated heterocycles. The van der Waals surface area contributed by atoms with Gasteiger partial charge in [-0.25, -0.2) is 0 Å². The minimum absolute atomic E-state index is 0.0878. The molecule has 5 heteroatoms. The number of carbonyl (C=O) groups excluding carboxylic acids is 2. The van der Waals surface area contributed by atoms with Crippen LogP contribution in [0.4, 0.5) is 0 Å². The van der Waals surface area contributed by atoms with Crippen LogP contribution in [0.1, 0.15) is 58.8 Å². The number of likely N-dealkylation sites (tertiary alicyclic amines) is 1. The Bertz CT molecular complexity index is 393. The zero-order valence-electron chi connectivity index (χ0n) is 13.9. The van der Waals surface area contributed by atoms with Crippen molar-refractivity contribution >= 4 is 11.8 Å². The molecule has 2 aliphatic rings. The average molecular weight is 310 g/mol. The van der Waals surface area contributed by atoms with Crippen LogP contribution in [0.3, 0.4) is 0 Å². The molecule has 3 atom stereocenters. The van der Waals surface area contributed by atoms with E-state index < -0.39 is 0 Å². The van der Waals surface area contributed by atoms with Gasteiger partial charge in [0.05, 0.1) is 0 Å². The Morgan fingerprint density at radius 1 is 1.23 bits per heavy atom. The number of aliphatic hydroxyl groups excluding tert-OH is 1. The first kappa shape index (κ1) is 17.3. The Balaban J connectivity index is 1.80. The maximum Gasteiger partial charge on any atom is 0.224 e. The highest BCUT2D eigenvalue weighted by atomic mass is 16.3. The van der Waals surface area contributed by atoms with Gasteiger partial charge in [0.1, 0.15) is 0 Å². The van der Waals surface area contributed by atoms with Crippen LogP contribution in [0.15, 0.2) is 0 Å². The number of aliphatic hydroxyl groups is 1. The molecule has 1 saturated carbocycles.